The minimum atomic E-state index is -0.475. The van der Waals surface area contributed by atoms with E-state index in [2.05, 4.69) is 26.1 Å². The quantitative estimate of drug-likeness (QED) is 0.872. The number of rotatable bonds is 4. The van der Waals surface area contributed by atoms with Gasteiger partial charge in [0.25, 0.3) is 0 Å². The maximum absolute atomic E-state index is 10.00. The average Bonchev–Trinajstić information content (AvgIpc) is 2.73. The summed E-state index contributed by atoms with van der Waals surface area (Å²) in [6.07, 6.45) is -0.475. The highest BCUT2D eigenvalue weighted by atomic mass is 79.9. The molecule has 3 nitrogen and oxygen atoms in total. The lowest BCUT2D eigenvalue weighted by Crippen LogP contribution is -1.99. The zero-order valence-corrected chi connectivity index (χ0v) is 12.3. The Bertz CT molecular complexity index is 486. The molecule has 1 heterocycles. The van der Waals surface area contributed by atoms with Crippen LogP contribution >= 0.6 is 39.0 Å². The fraction of sp³-hybridized carbons (Fsp3) is 0.273. The molecule has 0 amide bonds. The lowest BCUT2D eigenvalue weighted by Gasteiger charge is -2.09. The molecule has 1 atom stereocenters. The van der Waals surface area contributed by atoms with E-state index in [1.54, 1.807) is 11.3 Å². The highest BCUT2D eigenvalue weighted by Gasteiger charge is 2.10. The predicted octanol–water partition coefficient (Wildman–Crippen LogP) is 3.43. The monoisotopic (exact) mass is 330 g/mol. The summed E-state index contributed by atoms with van der Waals surface area (Å²) >= 11 is 6.45. The van der Waals surface area contributed by atoms with Crippen molar-refractivity contribution >= 4 is 39.0 Å². The highest BCUT2D eigenvalue weighted by molar-refractivity contribution is 9.10. The summed E-state index contributed by atoms with van der Waals surface area (Å²) in [7, 11) is 0. The summed E-state index contributed by atoms with van der Waals surface area (Å²) < 4.78 is 1.92. The van der Waals surface area contributed by atoms with Gasteiger partial charge in [-0.1, -0.05) is 51.2 Å². The van der Waals surface area contributed by atoms with Crippen LogP contribution in [-0.4, -0.2) is 21.1 Å². The van der Waals surface area contributed by atoms with Crippen LogP contribution in [0.4, 0.5) is 0 Å². The van der Waals surface area contributed by atoms with Gasteiger partial charge in [0.05, 0.1) is 6.10 Å². The molecule has 1 aromatic carbocycles. The van der Waals surface area contributed by atoms with Crippen LogP contribution in [0.3, 0.4) is 0 Å². The summed E-state index contributed by atoms with van der Waals surface area (Å²) in [5.74, 6) is 0.594. The molecule has 0 aliphatic heterocycles. The molecule has 0 aliphatic rings. The van der Waals surface area contributed by atoms with E-state index in [4.69, 9.17) is 0 Å². The molecule has 0 bridgehead atoms. The van der Waals surface area contributed by atoms with Gasteiger partial charge in [-0.05, 0) is 24.6 Å². The Morgan fingerprint density at radius 1 is 1.35 bits per heavy atom. The van der Waals surface area contributed by atoms with Gasteiger partial charge >= 0.3 is 0 Å². The zero-order chi connectivity index (χ0) is 12.3. The van der Waals surface area contributed by atoms with E-state index in [-0.39, 0.29) is 0 Å². The molecule has 0 radical (unpaired) electrons. The van der Waals surface area contributed by atoms with Crippen molar-refractivity contribution in [2.45, 2.75) is 17.4 Å². The van der Waals surface area contributed by atoms with Crippen LogP contribution in [0.1, 0.15) is 16.7 Å². The molecule has 2 aromatic rings. The first-order chi connectivity index (χ1) is 8.15. The SMILES string of the molecule is Cc1nnc(SCC(O)c2ccc(Br)cc2)s1. The van der Waals surface area contributed by atoms with Crippen LogP contribution in [0.5, 0.6) is 0 Å². The number of halogens is 1. The second-order valence-corrected chi connectivity index (χ2v) is 6.83. The first kappa shape index (κ1) is 13.0. The summed E-state index contributed by atoms with van der Waals surface area (Å²) in [6.45, 7) is 1.92. The minimum Gasteiger partial charge on any atom is -0.388 e. The molecule has 0 saturated heterocycles. The van der Waals surface area contributed by atoms with Gasteiger partial charge < -0.3 is 5.11 Å². The molecule has 2 rings (SSSR count). The van der Waals surface area contributed by atoms with Crippen LogP contribution < -0.4 is 0 Å². The second kappa shape index (κ2) is 5.95. The molecular formula is C11H11BrN2OS2. The third-order valence-corrected chi connectivity index (χ3v) is 4.70. The Morgan fingerprint density at radius 2 is 2.06 bits per heavy atom. The van der Waals surface area contributed by atoms with Crippen LogP contribution in [0.2, 0.25) is 0 Å². The second-order valence-electron chi connectivity index (χ2n) is 3.47. The molecular weight excluding hydrogens is 320 g/mol. The number of nitrogens with zero attached hydrogens (tertiary/aromatic N) is 2. The lowest BCUT2D eigenvalue weighted by atomic mass is 10.1. The smallest absolute Gasteiger partial charge is 0.174 e. The number of hydrogen-bond acceptors (Lipinski definition) is 5. The predicted molar refractivity (Wildman–Crippen MR) is 74.5 cm³/mol. The van der Waals surface area contributed by atoms with Crippen LogP contribution in [0.25, 0.3) is 0 Å². The largest absolute Gasteiger partial charge is 0.388 e. The number of aliphatic hydroxyl groups is 1. The number of aryl methyl sites for hydroxylation is 1. The van der Waals surface area contributed by atoms with E-state index in [1.807, 2.05) is 31.2 Å². The van der Waals surface area contributed by atoms with E-state index < -0.39 is 6.10 Å². The van der Waals surface area contributed by atoms with E-state index in [1.165, 1.54) is 11.8 Å². The molecule has 90 valence electrons. The van der Waals surface area contributed by atoms with Crippen molar-refractivity contribution in [1.29, 1.82) is 0 Å². The number of benzene rings is 1. The third-order valence-electron chi connectivity index (χ3n) is 2.13. The fourth-order valence-electron chi connectivity index (χ4n) is 1.27. The normalized spacial score (nSPS) is 12.6. The molecule has 0 spiro atoms. The van der Waals surface area contributed by atoms with Crippen molar-refractivity contribution < 1.29 is 5.11 Å². The van der Waals surface area contributed by atoms with E-state index in [0.29, 0.717) is 5.75 Å². The summed E-state index contributed by atoms with van der Waals surface area (Å²) in [5.41, 5.74) is 0.918. The topological polar surface area (TPSA) is 46.0 Å². The average molecular weight is 331 g/mol. The summed E-state index contributed by atoms with van der Waals surface area (Å²) in [5, 5.41) is 18.9. The Kier molecular flexibility index (Phi) is 4.55. The Morgan fingerprint density at radius 3 is 2.65 bits per heavy atom. The Hall–Kier alpha value is -0.430. The van der Waals surface area contributed by atoms with Gasteiger partial charge in [-0.3, -0.25) is 0 Å². The molecule has 1 aromatic heterocycles. The number of thioether (sulfide) groups is 1. The summed E-state index contributed by atoms with van der Waals surface area (Å²) in [4.78, 5) is 0. The third kappa shape index (κ3) is 3.77. The van der Waals surface area contributed by atoms with Gasteiger partial charge in [-0.25, -0.2) is 0 Å². The zero-order valence-electron chi connectivity index (χ0n) is 9.13. The highest BCUT2D eigenvalue weighted by Crippen LogP contribution is 2.27. The first-order valence-corrected chi connectivity index (χ1v) is 7.61. The van der Waals surface area contributed by atoms with Crippen molar-refractivity contribution in [3.05, 3.63) is 39.3 Å². The standard InChI is InChI=1S/C11H11BrN2OS2/c1-7-13-14-11(17-7)16-6-10(15)8-2-4-9(12)5-3-8/h2-5,10,15H,6H2,1H3. The van der Waals surface area contributed by atoms with Gasteiger partial charge in [0, 0.05) is 10.2 Å². The van der Waals surface area contributed by atoms with Crippen molar-refractivity contribution in [2.24, 2.45) is 0 Å². The van der Waals surface area contributed by atoms with Gasteiger partial charge in [-0.2, -0.15) is 0 Å². The number of hydrogen-bond donors (Lipinski definition) is 1. The van der Waals surface area contributed by atoms with Gasteiger partial charge in [0.15, 0.2) is 4.34 Å². The molecule has 1 unspecified atom stereocenters. The Balaban J connectivity index is 1.93. The van der Waals surface area contributed by atoms with E-state index >= 15 is 0 Å². The maximum Gasteiger partial charge on any atom is 0.174 e. The van der Waals surface area contributed by atoms with Crippen LogP contribution in [0, 0.1) is 6.92 Å². The summed E-state index contributed by atoms with van der Waals surface area (Å²) in [6, 6.07) is 7.69. The van der Waals surface area contributed by atoms with Crippen LogP contribution in [0.15, 0.2) is 33.1 Å². The minimum absolute atomic E-state index is 0.475. The lowest BCUT2D eigenvalue weighted by molar-refractivity contribution is 0.204. The molecule has 17 heavy (non-hydrogen) atoms. The first-order valence-electron chi connectivity index (χ1n) is 5.01. The Labute approximate surface area is 116 Å². The van der Waals surface area contributed by atoms with Gasteiger partial charge in [0.1, 0.15) is 5.01 Å². The molecule has 0 saturated carbocycles. The van der Waals surface area contributed by atoms with Gasteiger partial charge in [-0.15, -0.1) is 10.2 Å². The molecule has 1 N–H and O–H groups in total. The number of aromatic nitrogens is 2. The molecule has 6 heteroatoms. The van der Waals surface area contributed by atoms with E-state index in [9.17, 15) is 5.11 Å². The number of aliphatic hydroxyl groups excluding tert-OH is 1. The van der Waals surface area contributed by atoms with Crippen molar-refractivity contribution in [1.82, 2.24) is 10.2 Å². The van der Waals surface area contributed by atoms with E-state index in [0.717, 1.165) is 19.4 Å². The van der Waals surface area contributed by atoms with Crippen molar-refractivity contribution in [2.75, 3.05) is 5.75 Å². The maximum atomic E-state index is 10.00. The van der Waals surface area contributed by atoms with Crippen molar-refractivity contribution in [3.63, 3.8) is 0 Å². The van der Waals surface area contributed by atoms with Crippen LogP contribution in [-0.2, 0) is 0 Å². The molecule has 0 aliphatic carbocycles. The molecule has 0 fully saturated rings. The van der Waals surface area contributed by atoms with Crippen molar-refractivity contribution in [3.8, 4) is 0 Å². The van der Waals surface area contributed by atoms with Gasteiger partial charge in [0.2, 0.25) is 0 Å². The fourth-order valence-corrected chi connectivity index (χ4v) is 3.34.